The highest BCUT2D eigenvalue weighted by molar-refractivity contribution is 7.85. The molecular formula is C14H22O4S. The summed E-state index contributed by atoms with van der Waals surface area (Å²) >= 11 is 0. The van der Waals surface area contributed by atoms with Crippen LogP contribution in [0.3, 0.4) is 0 Å². The molecule has 0 heterocycles. The Morgan fingerprint density at radius 3 is 2.16 bits per heavy atom. The molecule has 0 aliphatic rings. The Balaban J connectivity index is 2.79. The summed E-state index contributed by atoms with van der Waals surface area (Å²) in [5, 5.41) is 9.74. The van der Waals surface area contributed by atoms with Crippen LogP contribution in [0.2, 0.25) is 0 Å². The minimum atomic E-state index is -4.14. The van der Waals surface area contributed by atoms with Crippen LogP contribution >= 0.6 is 0 Å². The fourth-order valence-corrected chi connectivity index (χ4v) is 2.80. The minimum Gasteiger partial charge on any atom is -0.392 e. The Morgan fingerprint density at radius 1 is 1.21 bits per heavy atom. The first-order chi connectivity index (χ1) is 8.64. The molecule has 0 radical (unpaired) electrons. The monoisotopic (exact) mass is 286 g/mol. The number of benzene rings is 1. The van der Waals surface area contributed by atoms with Crippen molar-refractivity contribution >= 4 is 10.1 Å². The zero-order valence-electron chi connectivity index (χ0n) is 11.6. The molecule has 19 heavy (non-hydrogen) atoms. The number of rotatable bonds is 6. The Labute approximate surface area is 115 Å². The molecule has 108 valence electrons. The van der Waals surface area contributed by atoms with Gasteiger partial charge in [0.25, 0.3) is 10.1 Å². The van der Waals surface area contributed by atoms with Gasteiger partial charge < -0.3 is 5.11 Å². The van der Waals surface area contributed by atoms with Gasteiger partial charge in [-0.25, -0.2) is 0 Å². The van der Waals surface area contributed by atoms with E-state index in [9.17, 15) is 13.5 Å². The van der Waals surface area contributed by atoms with Gasteiger partial charge >= 0.3 is 0 Å². The van der Waals surface area contributed by atoms with Gasteiger partial charge in [-0.05, 0) is 29.4 Å². The van der Waals surface area contributed by atoms with E-state index in [0.717, 1.165) is 12.0 Å². The lowest BCUT2D eigenvalue weighted by Gasteiger charge is -2.27. The second kappa shape index (κ2) is 6.03. The van der Waals surface area contributed by atoms with Crippen molar-refractivity contribution < 1.29 is 18.1 Å². The van der Waals surface area contributed by atoms with Gasteiger partial charge in [0.2, 0.25) is 0 Å². The van der Waals surface area contributed by atoms with Gasteiger partial charge in [-0.1, -0.05) is 45.0 Å². The van der Waals surface area contributed by atoms with Crippen LogP contribution in [0.1, 0.15) is 38.3 Å². The topological polar surface area (TPSA) is 74.6 Å². The molecule has 1 unspecified atom stereocenters. The molecule has 4 nitrogen and oxygen atoms in total. The van der Waals surface area contributed by atoms with Gasteiger partial charge in [0, 0.05) is 0 Å². The van der Waals surface area contributed by atoms with Crippen LogP contribution in [0.15, 0.2) is 24.3 Å². The van der Waals surface area contributed by atoms with Crippen LogP contribution in [0.25, 0.3) is 0 Å². The van der Waals surface area contributed by atoms with Crippen molar-refractivity contribution in [1.29, 1.82) is 0 Å². The largest absolute Gasteiger partial charge is 0.392 e. The molecule has 0 bridgehead atoms. The molecule has 0 spiro atoms. The Hall–Kier alpha value is -0.910. The molecule has 1 rings (SSSR count). The average Bonchev–Trinajstić information content (AvgIpc) is 2.25. The van der Waals surface area contributed by atoms with E-state index in [4.69, 9.17) is 4.55 Å². The summed E-state index contributed by atoms with van der Waals surface area (Å²) in [6.07, 6.45) is 0.167. The van der Waals surface area contributed by atoms with Crippen molar-refractivity contribution in [3.8, 4) is 0 Å². The Kier molecular flexibility index (Phi) is 5.12. The number of aliphatic hydroxyl groups excluding tert-OH is 1. The smallest absolute Gasteiger partial charge is 0.267 e. The maximum atomic E-state index is 10.7. The molecule has 0 saturated heterocycles. The van der Waals surface area contributed by atoms with Crippen molar-refractivity contribution in [1.82, 2.24) is 0 Å². The standard InChI is InChI=1S/C14H22O4S/c1-4-11-5-7-12(8-6-11)14(2,3)9-13(15)10-19(16,17)18/h5-8,13,15H,4,9-10H2,1-3H3,(H,16,17,18). The molecule has 0 aliphatic heterocycles. The molecule has 0 aliphatic carbocycles. The summed E-state index contributed by atoms with van der Waals surface area (Å²) in [5.74, 6) is -0.622. The SMILES string of the molecule is CCc1ccc(C(C)(C)CC(O)CS(=O)(=O)O)cc1. The minimum absolute atomic E-state index is 0.276. The van der Waals surface area contributed by atoms with Crippen LogP contribution in [0, 0.1) is 0 Å². The van der Waals surface area contributed by atoms with E-state index >= 15 is 0 Å². The molecular weight excluding hydrogens is 264 g/mol. The third kappa shape index (κ3) is 5.30. The van der Waals surface area contributed by atoms with Crippen LogP contribution in [0.5, 0.6) is 0 Å². The average molecular weight is 286 g/mol. The molecule has 0 amide bonds. The van der Waals surface area contributed by atoms with E-state index in [1.54, 1.807) is 0 Å². The molecule has 1 atom stereocenters. The van der Waals surface area contributed by atoms with E-state index in [1.165, 1.54) is 5.56 Å². The van der Waals surface area contributed by atoms with E-state index in [0.29, 0.717) is 0 Å². The van der Waals surface area contributed by atoms with Crippen LogP contribution in [-0.2, 0) is 22.0 Å². The molecule has 0 saturated carbocycles. The first-order valence-electron chi connectivity index (χ1n) is 6.36. The number of aryl methyl sites for hydroxylation is 1. The van der Waals surface area contributed by atoms with Gasteiger partial charge in [0.1, 0.15) is 5.75 Å². The lowest BCUT2D eigenvalue weighted by atomic mass is 9.79. The lowest BCUT2D eigenvalue weighted by molar-refractivity contribution is 0.157. The molecule has 0 fully saturated rings. The normalized spacial score (nSPS) is 14.4. The van der Waals surface area contributed by atoms with Gasteiger partial charge in [-0.2, -0.15) is 8.42 Å². The fourth-order valence-electron chi connectivity index (χ4n) is 2.20. The highest BCUT2D eigenvalue weighted by Crippen LogP contribution is 2.29. The maximum absolute atomic E-state index is 10.7. The highest BCUT2D eigenvalue weighted by Gasteiger charge is 2.26. The number of aliphatic hydroxyl groups is 1. The first-order valence-corrected chi connectivity index (χ1v) is 7.97. The quantitative estimate of drug-likeness (QED) is 0.786. The van der Waals surface area contributed by atoms with Crippen molar-refractivity contribution in [3.63, 3.8) is 0 Å². The van der Waals surface area contributed by atoms with Gasteiger partial charge in [-0.3, -0.25) is 4.55 Å². The predicted molar refractivity (Wildman–Crippen MR) is 75.9 cm³/mol. The van der Waals surface area contributed by atoms with Gasteiger partial charge in [0.15, 0.2) is 0 Å². The molecule has 5 heteroatoms. The summed E-state index contributed by atoms with van der Waals surface area (Å²) in [6.45, 7) is 5.97. The fraction of sp³-hybridized carbons (Fsp3) is 0.571. The van der Waals surface area contributed by atoms with E-state index in [-0.39, 0.29) is 11.8 Å². The van der Waals surface area contributed by atoms with Gasteiger partial charge in [0.05, 0.1) is 6.10 Å². The van der Waals surface area contributed by atoms with Crippen LogP contribution in [-0.4, -0.2) is 29.9 Å². The second-order valence-corrected chi connectivity index (χ2v) is 7.04. The summed E-state index contributed by atoms with van der Waals surface area (Å²) in [7, 11) is -4.14. The van der Waals surface area contributed by atoms with Crippen LogP contribution in [0.4, 0.5) is 0 Å². The van der Waals surface area contributed by atoms with E-state index < -0.39 is 22.0 Å². The third-order valence-electron chi connectivity index (χ3n) is 3.29. The number of hydrogen-bond acceptors (Lipinski definition) is 3. The number of hydrogen-bond donors (Lipinski definition) is 2. The Bertz CT molecular complexity index is 503. The lowest BCUT2D eigenvalue weighted by Crippen LogP contribution is -2.29. The van der Waals surface area contributed by atoms with E-state index in [1.807, 2.05) is 38.1 Å². The zero-order valence-corrected chi connectivity index (χ0v) is 12.4. The molecule has 0 aromatic heterocycles. The third-order valence-corrected chi connectivity index (χ3v) is 4.10. The van der Waals surface area contributed by atoms with E-state index in [2.05, 4.69) is 6.92 Å². The van der Waals surface area contributed by atoms with Crippen molar-refractivity contribution in [2.24, 2.45) is 0 Å². The van der Waals surface area contributed by atoms with Crippen molar-refractivity contribution in [3.05, 3.63) is 35.4 Å². The zero-order chi connectivity index (χ0) is 14.7. The summed E-state index contributed by atoms with van der Waals surface area (Å²) < 4.78 is 30.2. The molecule has 1 aromatic carbocycles. The summed E-state index contributed by atoms with van der Waals surface area (Å²) in [5.41, 5.74) is 1.92. The maximum Gasteiger partial charge on any atom is 0.267 e. The first kappa shape index (κ1) is 16.1. The molecule has 2 N–H and O–H groups in total. The molecule has 1 aromatic rings. The van der Waals surface area contributed by atoms with Gasteiger partial charge in [-0.15, -0.1) is 0 Å². The summed E-state index contributed by atoms with van der Waals surface area (Å²) in [6, 6.07) is 8.07. The highest BCUT2D eigenvalue weighted by atomic mass is 32.2. The second-order valence-electron chi connectivity index (χ2n) is 5.54. The van der Waals surface area contributed by atoms with Crippen molar-refractivity contribution in [2.45, 2.75) is 45.1 Å². The summed E-state index contributed by atoms with van der Waals surface area (Å²) in [4.78, 5) is 0. The van der Waals surface area contributed by atoms with Crippen molar-refractivity contribution in [2.75, 3.05) is 5.75 Å². The Morgan fingerprint density at radius 2 is 1.74 bits per heavy atom. The predicted octanol–water partition coefficient (Wildman–Crippen LogP) is 2.17. The van der Waals surface area contributed by atoms with Crippen LogP contribution < -0.4 is 0 Å².